The lowest BCUT2D eigenvalue weighted by Crippen LogP contribution is -2.41. The van der Waals surface area contributed by atoms with Crippen molar-refractivity contribution in [3.63, 3.8) is 0 Å². The summed E-state index contributed by atoms with van der Waals surface area (Å²) in [6, 6.07) is 17.4. The minimum Gasteiger partial charge on any atom is -0.469 e. The Hall–Kier alpha value is -4.91. The number of anilines is 1. The van der Waals surface area contributed by atoms with E-state index in [-0.39, 0.29) is 48.1 Å². The summed E-state index contributed by atoms with van der Waals surface area (Å²) < 4.78 is 21.0. The van der Waals surface area contributed by atoms with E-state index >= 15 is 0 Å². The molecule has 0 radical (unpaired) electrons. The lowest BCUT2D eigenvalue weighted by molar-refractivity contribution is -0.135. The van der Waals surface area contributed by atoms with Gasteiger partial charge in [-0.3, -0.25) is 9.59 Å². The summed E-state index contributed by atoms with van der Waals surface area (Å²) in [6.07, 6.45) is -1.72. The number of halogens is 2. The highest BCUT2D eigenvalue weighted by atomic mass is 79.9. The Morgan fingerprint density at radius 2 is 1.83 bits per heavy atom. The van der Waals surface area contributed by atoms with Gasteiger partial charge in [0, 0.05) is 45.6 Å². The number of rotatable bonds is 5. The van der Waals surface area contributed by atoms with Gasteiger partial charge < -0.3 is 34.3 Å². The number of carbonyl (C=O) groups excluding carboxylic acids is 2. The Bertz CT molecular complexity index is 2590. The number of ketones is 1. The molecule has 2 unspecified atom stereocenters. The minimum absolute atomic E-state index is 0.130. The van der Waals surface area contributed by atoms with Crippen LogP contribution >= 0.6 is 27.5 Å². The number of benzene rings is 3. The van der Waals surface area contributed by atoms with Crippen LogP contribution < -0.4 is 15.4 Å². The molecule has 3 aromatic heterocycles. The molecule has 13 heteroatoms. The van der Waals surface area contributed by atoms with Crippen LogP contribution in [-0.4, -0.2) is 44.1 Å². The second-order valence-electron chi connectivity index (χ2n) is 15.4. The van der Waals surface area contributed by atoms with Gasteiger partial charge in [0.25, 0.3) is 5.89 Å². The molecule has 54 heavy (non-hydrogen) atoms. The first kappa shape index (κ1) is 33.6. The predicted octanol–water partition coefficient (Wildman–Crippen LogP) is 8.31. The average Bonchev–Trinajstić information content (AvgIpc) is 3.94. The Morgan fingerprint density at radius 1 is 1.04 bits per heavy atom. The van der Waals surface area contributed by atoms with Crippen molar-refractivity contribution >= 4 is 55.8 Å². The van der Waals surface area contributed by atoms with E-state index < -0.39 is 29.7 Å². The maximum absolute atomic E-state index is 14.3. The zero-order valence-electron chi connectivity index (χ0n) is 29.7. The van der Waals surface area contributed by atoms with Crippen LogP contribution in [0.2, 0.25) is 5.15 Å². The lowest BCUT2D eigenvalue weighted by Gasteiger charge is -2.28. The van der Waals surface area contributed by atoms with Crippen LogP contribution in [0.3, 0.4) is 0 Å². The van der Waals surface area contributed by atoms with Crippen molar-refractivity contribution in [3.05, 3.63) is 92.7 Å². The number of aromatic nitrogens is 3. The molecule has 1 spiro atoms. The highest BCUT2D eigenvalue weighted by Crippen LogP contribution is 2.62. The zero-order chi connectivity index (χ0) is 37.4. The number of hydrogen-bond acceptors (Lipinski definition) is 9. The molecule has 11 nitrogen and oxygen atoms in total. The molecule has 0 saturated heterocycles. The van der Waals surface area contributed by atoms with Crippen molar-refractivity contribution in [1.29, 1.82) is 0 Å². The monoisotopic (exact) mass is 807 g/mol. The number of para-hydroxylation sites is 1. The summed E-state index contributed by atoms with van der Waals surface area (Å²) in [5.41, 5.74) is 6.03. The van der Waals surface area contributed by atoms with Crippen molar-refractivity contribution in [2.45, 2.75) is 64.3 Å². The molecule has 0 fully saturated rings. The van der Waals surface area contributed by atoms with Gasteiger partial charge in [0.1, 0.15) is 28.5 Å². The van der Waals surface area contributed by atoms with Gasteiger partial charge in [-0.05, 0) is 57.4 Å². The molecule has 10 bridgehead atoms. The SMILES string of the molecule is CC(C)[C@H](O)C(=O)CC1Cc2ccc3c(c2)C24c5cccc(c5N[C@H]2O3)-c2cccc3[nH]c(Cl)c(c23)-c2oc(nc2Br)-c2nc(oc24)[C@H](C(C)C)NC1=O. The molecule has 3 aromatic carbocycles. The van der Waals surface area contributed by atoms with Crippen molar-refractivity contribution in [2.75, 3.05) is 5.32 Å². The number of nitrogens with zero attached hydrogens (tertiary/aromatic N) is 2. The van der Waals surface area contributed by atoms with E-state index in [1.807, 2.05) is 50.2 Å². The molecule has 5 atom stereocenters. The van der Waals surface area contributed by atoms with E-state index in [1.165, 1.54) is 0 Å². The molecule has 4 aliphatic heterocycles. The Labute approximate surface area is 323 Å². The van der Waals surface area contributed by atoms with Crippen LogP contribution in [0.25, 0.3) is 44.9 Å². The van der Waals surface area contributed by atoms with Gasteiger partial charge in [-0.25, -0.2) is 9.97 Å². The highest BCUT2D eigenvalue weighted by molar-refractivity contribution is 9.10. The van der Waals surface area contributed by atoms with Gasteiger partial charge in [-0.2, -0.15) is 0 Å². The Kier molecular flexibility index (Phi) is 7.35. The molecule has 4 aliphatic rings. The minimum atomic E-state index is -1.18. The van der Waals surface area contributed by atoms with E-state index in [0.717, 1.165) is 44.4 Å². The van der Waals surface area contributed by atoms with Gasteiger partial charge >= 0.3 is 0 Å². The van der Waals surface area contributed by atoms with Crippen LogP contribution in [0.5, 0.6) is 5.75 Å². The number of aliphatic hydroxyl groups excluding tert-OH is 1. The molecule has 4 N–H and O–H groups in total. The summed E-state index contributed by atoms with van der Waals surface area (Å²) in [6.45, 7) is 7.52. The maximum Gasteiger partial charge on any atom is 0.250 e. The number of hydrogen-bond donors (Lipinski definition) is 4. The topological polar surface area (TPSA) is 156 Å². The molecule has 7 heterocycles. The number of fused-ring (bicyclic) bond motifs is 7. The number of aliphatic hydroxyl groups is 1. The van der Waals surface area contributed by atoms with Crippen molar-refractivity contribution in [1.82, 2.24) is 20.3 Å². The molecule has 274 valence electrons. The largest absolute Gasteiger partial charge is 0.469 e. The number of aromatic amines is 1. The van der Waals surface area contributed by atoms with Gasteiger partial charge in [-0.1, -0.05) is 81.8 Å². The van der Waals surface area contributed by atoms with E-state index in [4.69, 9.17) is 35.1 Å². The predicted molar refractivity (Wildman–Crippen MR) is 205 cm³/mol. The van der Waals surface area contributed by atoms with Gasteiger partial charge in [-0.15, -0.1) is 0 Å². The fourth-order valence-corrected chi connectivity index (χ4v) is 9.53. The first-order chi connectivity index (χ1) is 25.9. The van der Waals surface area contributed by atoms with Crippen LogP contribution in [0.1, 0.15) is 68.5 Å². The van der Waals surface area contributed by atoms with Gasteiger partial charge in [0.2, 0.25) is 11.8 Å². The molecular weight excluding hydrogens is 774 g/mol. The lowest BCUT2D eigenvalue weighted by atomic mass is 9.72. The maximum atomic E-state index is 14.3. The van der Waals surface area contributed by atoms with E-state index in [2.05, 4.69) is 49.7 Å². The number of carbonyl (C=O) groups is 2. The molecule has 1 amide bonds. The van der Waals surface area contributed by atoms with Crippen molar-refractivity contribution < 1.29 is 28.3 Å². The van der Waals surface area contributed by atoms with E-state index in [1.54, 1.807) is 13.8 Å². The fraction of sp³-hybridized carbons (Fsp3) is 0.317. The first-order valence-electron chi connectivity index (χ1n) is 18.2. The van der Waals surface area contributed by atoms with Crippen molar-refractivity contribution in [3.8, 4) is 39.8 Å². The Morgan fingerprint density at radius 3 is 2.63 bits per heavy atom. The normalized spacial score (nSPS) is 22.3. The smallest absolute Gasteiger partial charge is 0.250 e. The van der Waals surface area contributed by atoms with Gasteiger partial charge in [0.05, 0.1) is 5.56 Å². The third kappa shape index (κ3) is 4.56. The number of H-pyrrole nitrogens is 1. The van der Waals surface area contributed by atoms with Crippen LogP contribution in [-0.2, 0) is 21.4 Å². The number of amides is 1. The second kappa shape index (κ2) is 11.8. The summed E-state index contributed by atoms with van der Waals surface area (Å²) in [5, 5.41) is 18.9. The summed E-state index contributed by atoms with van der Waals surface area (Å²) in [7, 11) is 0. The van der Waals surface area contributed by atoms with E-state index in [9.17, 15) is 14.7 Å². The zero-order valence-corrected chi connectivity index (χ0v) is 32.1. The van der Waals surface area contributed by atoms with Crippen LogP contribution in [0, 0.1) is 17.8 Å². The number of ether oxygens (including phenoxy) is 1. The molecular formula is C41H35BrClN5O6. The highest BCUT2D eigenvalue weighted by Gasteiger charge is 2.61. The first-order valence-corrected chi connectivity index (χ1v) is 19.3. The Balaban J connectivity index is 1.30. The standard InChI is InChI=1S/C41H35BrClN5O6/c1-16(2)29-38-46-31-34(54-38)41-22-9-5-8-21(20-7-6-10-24-27(20)28(36(43)44-24)33-35(42)48-39(31)53-33)30(22)47-40(41)52-26-12-11-18(14-23(26)41)13-19(37(51)45-29)15-25(49)32(50)17(3)4/h5-12,14,16-17,19,29,32,40,44,47,50H,13,15H2,1-4H3,(H,45,51)/t19?,29-,32-,40-,41?/m0/s1. The average molecular weight is 809 g/mol. The summed E-state index contributed by atoms with van der Waals surface area (Å²) >= 11 is 10.6. The molecule has 0 saturated carbocycles. The quantitative estimate of drug-likeness (QED) is 0.135. The fourth-order valence-electron chi connectivity index (χ4n) is 8.81. The van der Waals surface area contributed by atoms with Crippen LogP contribution in [0.4, 0.5) is 5.69 Å². The number of Topliss-reactive ketones (excluding diaryl/α,β-unsaturated/α-hetero) is 1. The number of oxazole rings is 2. The van der Waals surface area contributed by atoms with Crippen molar-refractivity contribution in [2.24, 2.45) is 17.8 Å². The van der Waals surface area contributed by atoms with Crippen LogP contribution in [0.15, 0.2) is 68.0 Å². The third-order valence-corrected chi connectivity index (χ3v) is 12.3. The van der Waals surface area contributed by atoms with Gasteiger partial charge in [0.15, 0.2) is 33.8 Å². The third-order valence-electron chi connectivity index (χ3n) is 11.4. The number of nitrogens with one attached hydrogen (secondary N) is 3. The molecule has 0 aliphatic carbocycles. The second-order valence-corrected chi connectivity index (χ2v) is 16.5. The summed E-state index contributed by atoms with van der Waals surface area (Å²) in [5.74, 6) is 0.0311. The molecule has 6 aromatic rings. The van der Waals surface area contributed by atoms with E-state index in [0.29, 0.717) is 38.3 Å². The summed E-state index contributed by atoms with van der Waals surface area (Å²) in [4.78, 5) is 41.0. The molecule has 10 rings (SSSR count).